The van der Waals surface area contributed by atoms with Crippen LogP contribution in [0, 0.1) is 29.6 Å². The van der Waals surface area contributed by atoms with Crippen LogP contribution in [-0.2, 0) is 10.3 Å². The highest BCUT2D eigenvalue weighted by molar-refractivity contribution is 5.57. The Morgan fingerprint density at radius 1 is 1.42 bits per heavy atom. The van der Waals surface area contributed by atoms with Crippen molar-refractivity contribution < 1.29 is 4.74 Å². The number of anilines is 1. The van der Waals surface area contributed by atoms with Gasteiger partial charge in [-0.2, -0.15) is 5.26 Å². The van der Waals surface area contributed by atoms with Gasteiger partial charge in [-0.3, -0.25) is 0 Å². The van der Waals surface area contributed by atoms with Crippen molar-refractivity contribution in [1.29, 1.82) is 5.26 Å². The Kier molecular flexibility index (Phi) is 2.66. The summed E-state index contributed by atoms with van der Waals surface area (Å²) in [6, 6.07) is 4.61. The molecule has 0 unspecified atom stereocenters. The minimum absolute atomic E-state index is 0.302. The predicted octanol–water partition coefficient (Wildman–Crippen LogP) is 2.41. The highest BCUT2D eigenvalue weighted by atomic mass is 16.5. The molecule has 0 radical (unpaired) electrons. The third-order valence-corrected chi connectivity index (χ3v) is 5.91. The molecule has 1 atom stereocenters. The molecule has 24 heavy (non-hydrogen) atoms. The van der Waals surface area contributed by atoms with Gasteiger partial charge in [0.1, 0.15) is 5.60 Å². The van der Waals surface area contributed by atoms with Crippen molar-refractivity contribution in [3.8, 4) is 6.07 Å². The molecule has 6 rings (SSSR count). The van der Waals surface area contributed by atoms with E-state index in [-0.39, 0.29) is 5.41 Å². The van der Waals surface area contributed by atoms with Gasteiger partial charge >= 0.3 is 0 Å². The van der Waals surface area contributed by atoms with E-state index in [2.05, 4.69) is 37.1 Å². The highest BCUT2D eigenvalue weighted by Crippen LogP contribution is 2.62. The van der Waals surface area contributed by atoms with Crippen molar-refractivity contribution in [1.82, 2.24) is 14.6 Å². The molecule has 1 saturated carbocycles. The van der Waals surface area contributed by atoms with Crippen LogP contribution in [0.1, 0.15) is 37.6 Å². The van der Waals surface area contributed by atoms with Crippen molar-refractivity contribution in [3.05, 3.63) is 23.7 Å². The van der Waals surface area contributed by atoms with Gasteiger partial charge in [0.05, 0.1) is 30.0 Å². The van der Waals surface area contributed by atoms with Gasteiger partial charge in [0.2, 0.25) is 0 Å². The minimum Gasteiger partial charge on any atom is -0.370 e. The molecular formula is C18H21N5O. The zero-order valence-corrected chi connectivity index (χ0v) is 14.1. The van der Waals surface area contributed by atoms with Crippen molar-refractivity contribution in [2.45, 2.75) is 38.7 Å². The van der Waals surface area contributed by atoms with Gasteiger partial charge in [-0.15, -0.1) is 5.10 Å². The largest absolute Gasteiger partial charge is 0.370 e. The topological polar surface area (TPSA) is 66.5 Å². The van der Waals surface area contributed by atoms with Crippen LogP contribution >= 0.6 is 0 Å². The van der Waals surface area contributed by atoms with Crippen LogP contribution in [-0.4, -0.2) is 34.3 Å². The fourth-order valence-corrected chi connectivity index (χ4v) is 4.52. The molecule has 5 heterocycles. The Morgan fingerprint density at radius 2 is 2.25 bits per heavy atom. The van der Waals surface area contributed by atoms with Crippen LogP contribution in [0.25, 0.3) is 5.65 Å². The molecular weight excluding hydrogens is 302 g/mol. The van der Waals surface area contributed by atoms with E-state index in [1.165, 1.54) is 12.1 Å². The maximum absolute atomic E-state index is 9.31. The summed E-state index contributed by atoms with van der Waals surface area (Å²) < 4.78 is 7.83. The lowest BCUT2D eigenvalue weighted by Gasteiger charge is -2.37. The Morgan fingerprint density at radius 3 is 2.92 bits per heavy atom. The van der Waals surface area contributed by atoms with E-state index < -0.39 is 5.60 Å². The first-order chi connectivity index (χ1) is 11.5. The Hall–Kier alpha value is -2.13. The molecule has 6 nitrogen and oxygen atoms in total. The molecule has 4 aliphatic rings. The fourth-order valence-electron chi connectivity index (χ4n) is 4.52. The summed E-state index contributed by atoms with van der Waals surface area (Å²) in [4.78, 5) is 7.17. The van der Waals surface area contributed by atoms with E-state index in [0.717, 1.165) is 48.9 Å². The first kappa shape index (κ1) is 14.2. The molecule has 2 aromatic heterocycles. The number of aryl methyl sites for hydroxylation is 1. The molecule has 2 bridgehead atoms. The molecule has 3 saturated heterocycles. The molecule has 2 aromatic rings. The molecule has 3 aliphatic heterocycles. The quantitative estimate of drug-likeness (QED) is 0.849. The van der Waals surface area contributed by atoms with E-state index in [9.17, 15) is 5.26 Å². The van der Waals surface area contributed by atoms with E-state index >= 15 is 0 Å². The van der Waals surface area contributed by atoms with Gasteiger partial charge in [-0.05, 0) is 30.9 Å². The number of fused-ring (bicyclic) bond motifs is 2. The first-order valence-corrected chi connectivity index (χ1v) is 8.70. The summed E-state index contributed by atoms with van der Waals surface area (Å²) in [5.41, 5.74) is 2.50. The Balaban J connectivity index is 1.53. The molecule has 4 fully saturated rings. The number of aromatic nitrogens is 3. The van der Waals surface area contributed by atoms with Gasteiger partial charge < -0.3 is 9.64 Å². The average Bonchev–Trinajstić information content (AvgIpc) is 3.27. The normalized spacial score (nSPS) is 34.5. The van der Waals surface area contributed by atoms with Crippen molar-refractivity contribution in [2.75, 3.05) is 24.6 Å². The molecule has 1 aliphatic carbocycles. The Labute approximate surface area is 141 Å². The fraction of sp³-hybridized carbons (Fsp3) is 0.611. The number of ether oxygens (including phenoxy) is 1. The third-order valence-electron chi connectivity index (χ3n) is 5.91. The van der Waals surface area contributed by atoms with Crippen LogP contribution in [0.4, 0.5) is 5.69 Å². The van der Waals surface area contributed by atoms with E-state index in [0.29, 0.717) is 6.61 Å². The standard InChI is InChI=1S/C18H21N5O/c1-12-3-4-22(6-12)14-5-13(2)15-20-16(21-23(15)7-14)18-8-17(9-18,10-19)11-24-18/h5,7,12H,3-4,6,8-9,11H2,1-2H3/t12-,17?,18?/m1/s1. The van der Waals surface area contributed by atoms with Crippen molar-refractivity contribution in [2.24, 2.45) is 11.3 Å². The first-order valence-electron chi connectivity index (χ1n) is 8.70. The van der Waals surface area contributed by atoms with E-state index in [1.807, 2.05) is 4.52 Å². The average molecular weight is 323 g/mol. The lowest BCUT2D eigenvalue weighted by Crippen LogP contribution is -2.41. The van der Waals surface area contributed by atoms with E-state index in [4.69, 9.17) is 14.8 Å². The van der Waals surface area contributed by atoms with Crippen LogP contribution in [0.3, 0.4) is 0 Å². The highest BCUT2D eigenvalue weighted by Gasteiger charge is 2.66. The monoisotopic (exact) mass is 323 g/mol. The SMILES string of the molecule is Cc1cc(N2CC[C@@H](C)C2)cn2nc(C34CC(C#N)(CO3)C4)nc12. The molecule has 124 valence electrons. The number of nitriles is 1. The zero-order valence-electron chi connectivity index (χ0n) is 14.1. The van der Waals surface area contributed by atoms with E-state index in [1.54, 1.807) is 0 Å². The summed E-state index contributed by atoms with van der Waals surface area (Å²) in [5, 5.41) is 14.0. The molecule has 0 N–H and O–H groups in total. The number of nitrogens with zero attached hydrogens (tertiary/aromatic N) is 5. The van der Waals surface area contributed by atoms with Crippen LogP contribution in [0.5, 0.6) is 0 Å². The zero-order chi connectivity index (χ0) is 16.5. The van der Waals surface area contributed by atoms with Gasteiger partial charge in [-0.25, -0.2) is 9.50 Å². The van der Waals surface area contributed by atoms with Crippen LogP contribution in [0.2, 0.25) is 0 Å². The van der Waals surface area contributed by atoms with Crippen molar-refractivity contribution in [3.63, 3.8) is 0 Å². The molecule has 0 aromatic carbocycles. The van der Waals surface area contributed by atoms with Gasteiger partial charge in [0, 0.05) is 25.9 Å². The Bertz CT molecular complexity index is 873. The smallest absolute Gasteiger partial charge is 0.183 e. The predicted molar refractivity (Wildman–Crippen MR) is 88.6 cm³/mol. The molecule has 0 amide bonds. The maximum atomic E-state index is 9.31. The van der Waals surface area contributed by atoms with Crippen LogP contribution < -0.4 is 4.90 Å². The molecule has 0 spiro atoms. The summed E-state index contributed by atoms with van der Waals surface area (Å²) in [5.74, 6) is 1.48. The summed E-state index contributed by atoms with van der Waals surface area (Å²) in [6.45, 7) is 7.10. The summed E-state index contributed by atoms with van der Waals surface area (Å²) in [7, 11) is 0. The third kappa shape index (κ3) is 1.79. The molecule has 6 heteroatoms. The lowest BCUT2D eigenvalue weighted by molar-refractivity contribution is -0.0187. The minimum atomic E-state index is -0.434. The van der Waals surface area contributed by atoms with Gasteiger partial charge in [-0.1, -0.05) is 6.92 Å². The summed E-state index contributed by atoms with van der Waals surface area (Å²) in [6.07, 6.45) is 4.78. The second-order valence-corrected chi connectivity index (χ2v) is 7.95. The van der Waals surface area contributed by atoms with Gasteiger partial charge in [0.25, 0.3) is 0 Å². The number of pyridine rings is 1. The second-order valence-electron chi connectivity index (χ2n) is 7.95. The summed E-state index contributed by atoms with van der Waals surface area (Å²) >= 11 is 0. The number of hydrogen-bond acceptors (Lipinski definition) is 5. The van der Waals surface area contributed by atoms with Crippen LogP contribution in [0.15, 0.2) is 12.3 Å². The number of rotatable bonds is 2. The second kappa shape index (κ2) is 4.48. The van der Waals surface area contributed by atoms with Gasteiger partial charge in [0.15, 0.2) is 11.5 Å². The lowest BCUT2D eigenvalue weighted by atomic mass is 9.63. The van der Waals surface area contributed by atoms with Crippen molar-refractivity contribution >= 4 is 11.3 Å². The maximum Gasteiger partial charge on any atom is 0.183 e. The number of hydrogen-bond donors (Lipinski definition) is 0.